The number of amides is 1. The lowest BCUT2D eigenvalue weighted by Gasteiger charge is -2.20. The largest absolute Gasteiger partial charge is 0.409 e. The minimum Gasteiger partial charge on any atom is -0.409 e. The molecule has 1 amide bonds. The lowest BCUT2D eigenvalue weighted by atomic mass is 10.0. The monoisotopic (exact) mass is 319 g/mol. The zero-order valence-electron chi connectivity index (χ0n) is 9.48. The van der Waals surface area contributed by atoms with E-state index in [1.54, 1.807) is 11.4 Å². The van der Waals surface area contributed by atoms with Crippen LogP contribution in [-0.2, 0) is 0 Å². The number of hydrogen-bond donors (Lipinski definition) is 3. The molecule has 1 rings (SSSR count). The highest BCUT2D eigenvalue weighted by Gasteiger charge is 2.21. The molecule has 1 heterocycles. The topological polar surface area (TPSA) is 87.7 Å². The quantitative estimate of drug-likeness (QED) is 0.343. The van der Waals surface area contributed by atoms with E-state index in [-0.39, 0.29) is 17.7 Å². The van der Waals surface area contributed by atoms with Gasteiger partial charge < -0.3 is 16.3 Å². The molecule has 1 aromatic heterocycles. The minimum atomic E-state index is -0.480. The van der Waals surface area contributed by atoms with Gasteiger partial charge in [-0.05, 0) is 27.9 Å². The fourth-order valence-corrected chi connectivity index (χ4v) is 2.43. The molecule has 94 valence electrons. The second-order valence-corrected chi connectivity index (χ2v) is 6.15. The van der Waals surface area contributed by atoms with E-state index in [1.807, 2.05) is 13.8 Å². The number of carbonyl (C=O) groups excluding carboxylic acids is 1. The highest BCUT2D eigenvalue weighted by Crippen LogP contribution is 2.20. The number of nitrogens with one attached hydrogen (secondary N) is 1. The number of halogens is 1. The SMILES string of the molecule is CC(C)C(NC(=O)c1csc(Br)c1)C(N)=NO. The number of thiophene rings is 1. The molecule has 4 N–H and O–H groups in total. The van der Waals surface area contributed by atoms with Gasteiger partial charge in [-0.2, -0.15) is 0 Å². The Hall–Kier alpha value is -1.08. The average molecular weight is 320 g/mol. The van der Waals surface area contributed by atoms with Gasteiger partial charge in [0.25, 0.3) is 5.91 Å². The molecular weight excluding hydrogens is 306 g/mol. The second-order valence-electron chi connectivity index (χ2n) is 3.86. The van der Waals surface area contributed by atoms with E-state index in [9.17, 15) is 4.79 Å². The van der Waals surface area contributed by atoms with Crippen LogP contribution in [0.2, 0.25) is 0 Å². The molecule has 1 aromatic rings. The summed E-state index contributed by atoms with van der Waals surface area (Å²) in [5, 5.41) is 16.0. The molecule has 0 saturated carbocycles. The maximum absolute atomic E-state index is 11.9. The maximum Gasteiger partial charge on any atom is 0.252 e. The summed E-state index contributed by atoms with van der Waals surface area (Å²) in [4.78, 5) is 11.9. The Balaban J connectivity index is 2.78. The number of hydrogen-bond acceptors (Lipinski definition) is 4. The third-order valence-corrected chi connectivity index (χ3v) is 3.72. The van der Waals surface area contributed by atoms with Gasteiger partial charge in [0.05, 0.1) is 15.4 Å². The first-order valence-electron chi connectivity index (χ1n) is 4.98. The fourth-order valence-electron chi connectivity index (χ4n) is 1.30. The third kappa shape index (κ3) is 3.71. The highest BCUT2D eigenvalue weighted by atomic mass is 79.9. The van der Waals surface area contributed by atoms with Crippen molar-refractivity contribution in [1.29, 1.82) is 0 Å². The van der Waals surface area contributed by atoms with E-state index in [4.69, 9.17) is 10.9 Å². The molecule has 0 saturated heterocycles. The van der Waals surface area contributed by atoms with Gasteiger partial charge >= 0.3 is 0 Å². The van der Waals surface area contributed by atoms with Crippen LogP contribution in [-0.4, -0.2) is 23.0 Å². The number of nitrogens with zero attached hydrogens (tertiary/aromatic N) is 1. The maximum atomic E-state index is 11.9. The normalized spacial score (nSPS) is 13.8. The van der Waals surface area contributed by atoms with E-state index < -0.39 is 6.04 Å². The average Bonchev–Trinajstić information content (AvgIpc) is 2.71. The van der Waals surface area contributed by atoms with Crippen molar-refractivity contribution in [2.75, 3.05) is 0 Å². The Labute approximate surface area is 112 Å². The molecule has 1 atom stereocenters. The predicted octanol–water partition coefficient (Wildman–Crippen LogP) is 2.01. The van der Waals surface area contributed by atoms with Crippen molar-refractivity contribution >= 4 is 39.0 Å². The third-order valence-electron chi connectivity index (χ3n) is 2.22. The van der Waals surface area contributed by atoms with Crippen molar-refractivity contribution in [3.8, 4) is 0 Å². The molecular formula is C10H14BrN3O2S. The standard InChI is InChI=1S/C10H14BrN3O2S/c1-5(2)8(9(12)14-16)13-10(15)6-3-7(11)17-4-6/h3-5,8,16H,1-2H3,(H2,12,14)(H,13,15). The summed E-state index contributed by atoms with van der Waals surface area (Å²) in [6.07, 6.45) is 0. The van der Waals surface area contributed by atoms with Crippen molar-refractivity contribution in [2.24, 2.45) is 16.8 Å². The first kappa shape index (κ1) is 14.0. The Kier molecular flexibility index (Phi) is 4.95. The zero-order valence-corrected chi connectivity index (χ0v) is 11.9. The van der Waals surface area contributed by atoms with Crippen LogP contribution in [0.15, 0.2) is 20.4 Å². The Morgan fingerprint density at radius 1 is 1.65 bits per heavy atom. The Morgan fingerprint density at radius 2 is 2.29 bits per heavy atom. The number of carbonyl (C=O) groups is 1. The van der Waals surface area contributed by atoms with Crippen LogP contribution in [0, 0.1) is 5.92 Å². The lowest BCUT2D eigenvalue weighted by molar-refractivity contribution is 0.0939. The predicted molar refractivity (Wildman–Crippen MR) is 71.5 cm³/mol. The van der Waals surface area contributed by atoms with Crippen molar-refractivity contribution in [2.45, 2.75) is 19.9 Å². The van der Waals surface area contributed by atoms with Gasteiger partial charge in [0.2, 0.25) is 0 Å². The van der Waals surface area contributed by atoms with Gasteiger partial charge in [0, 0.05) is 5.38 Å². The number of oxime groups is 1. The van der Waals surface area contributed by atoms with Gasteiger partial charge in [-0.25, -0.2) is 0 Å². The molecule has 0 spiro atoms. The Morgan fingerprint density at radius 3 is 2.71 bits per heavy atom. The van der Waals surface area contributed by atoms with E-state index >= 15 is 0 Å². The van der Waals surface area contributed by atoms with Crippen molar-refractivity contribution in [3.63, 3.8) is 0 Å². The van der Waals surface area contributed by atoms with E-state index in [2.05, 4.69) is 26.4 Å². The van der Waals surface area contributed by atoms with Gasteiger partial charge in [-0.15, -0.1) is 11.3 Å². The molecule has 1 unspecified atom stereocenters. The van der Waals surface area contributed by atoms with Crippen molar-refractivity contribution in [3.05, 3.63) is 20.8 Å². The first-order chi connectivity index (χ1) is 7.95. The summed E-state index contributed by atoms with van der Waals surface area (Å²) in [5.41, 5.74) is 6.08. The number of amidine groups is 1. The highest BCUT2D eigenvalue weighted by molar-refractivity contribution is 9.11. The van der Waals surface area contributed by atoms with Gasteiger partial charge in [-0.1, -0.05) is 19.0 Å². The van der Waals surface area contributed by atoms with Crippen LogP contribution in [0.25, 0.3) is 0 Å². The molecule has 0 fully saturated rings. The van der Waals surface area contributed by atoms with Crippen LogP contribution < -0.4 is 11.1 Å². The molecule has 7 heteroatoms. The molecule has 0 radical (unpaired) electrons. The molecule has 0 aliphatic heterocycles. The van der Waals surface area contributed by atoms with Crippen molar-refractivity contribution < 1.29 is 10.0 Å². The summed E-state index contributed by atoms with van der Waals surface area (Å²) >= 11 is 4.72. The molecule has 0 aliphatic rings. The van der Waals surface area contributed by atoms with Crippen LogP contribution >= 0.6 is 27.3 Å². The summed E-state index contributed by atoms with van der Waals surface area (Å²) < 4.78 is 0.882. The number of nitrogens with two attached hydrogens (primary N) is 1. The fraction of sp³-hybridized carbons (Fsp3) is 0.400. The van der Waals surface area contributed by atoms with E-state index in [1.165, 1.54) is 11.3 Å². The summed E-state index contributed by atoms with van der Waals surface area (Å²) in [6.45, 7) is 3.76. The molecule has 5 nitrogen and oxygen atoms in total. The van der Waals surface area contributed by atoms with E-state index in [0.717, 1.165) is 3.79 Å². The summed E-state index contributed by atoms with van der Waals surface area (Å²) in [5.74, 6) is -0.197. The van der Waals surface area contributed by atoms with Gasteiger partial charge in [0.1, 0.15) is 0 Å². The number of rotatable bonds is 4. The van der Waals surface area contributed by atoms with E-state index in [0.29, 0.717) is 5.56 Å². The van der Waals surface area contributed by atoms with Gasteiger partial charge in [0.15, 0.2) is 5.84 Å². The van der Waals surface area contributed by atoms with Crippen LogP contribution in [0.1, 0.15) is 24.2 Å². The lowest BCUT2D eigenvalue weighted by Crippen LogP contribution is -2.47. The van der Waals surface area contributed by atoms with Crippen LogP contribution in [0.5, 0.6) is 0 Å². The second kappa shape index (κ2) is 6.02. The Bertz CT molecular complexity index is 431. The van der Waals surface area contributed by atoms with Gasteiger partial charge in [-0.3, -0.25) is 4.79 Å². The molecule has 0 bridgehead atoms. The minimum absolute atomic E-state index is 0.00245. The summed E-state index contributed by atoms with van der Waals surface area (Å²) in [6, 6.07) is 1.25. The van der Waals surface area contributed by atoms with Crippen LogP contribution in [0.3, 0.4) is 0 Å². The zero-order chi connectivity index (χ0) is 13.0. The summed E-state index contributed by atoms with van der Waals surface area (Å²) in [7, 11) is 0. The molecule has 17 heavy (non-hydrogen) atoms. The molecule has 0 aliphatic carbocycles. The first-order valence-corrected chi connectivity index (χ1v) is 6.65. The van der Waals surface area contributed by atoms with Crippen molar-refractivity contribution in [1.82, 2.24) is 5.32 Å². The smallest absolute Gasteiger partial charge is 0.252 e. The van der Waals surface area contributed by atoms with Crippen LogP contribution in [0.4, 0.5) is 0 Å². The molecule has 0 aromatic carbocycles.